The number of nitrogens with one attached hydrogen (secondary N) is 1. The largest absolute Gasteiger partial charge is 0.350 e. The number of aromatic nitrogens is 1. The number of aryl methyl sites for hydroxylation is 1. The molecule has 1 amide bonds. The zero-order chi connectivity index (χ0) is 18.2. The number of hydroxylamine groups is 1. The second-order valence-electron chi connectivity index (χ2n) is 6.50. The van der Waals surface area contributed by atoms with Gasteiger partial charge in [0.05, 0.1) is 0 Å². The molecule has 3 aromatic rings. The maximum absolute atomic E-state index is 11.0. The maximum Gasteiger partial charge on any atom is 0.243 e. The van der Waals surface area contributed by atoms with E-state index in [0.717, 1.165) is 25.8 Å². The van der Waals surface area contributed by atoms with E-state index in [1.165, 1.54) is 22.3 Å². The van der Waals surface area contributed by atoms with E-state index in [2.05, 4.69) is 71.6 Å². The molecule has 0 saturated carbocycles. The second kappa shape index (κ2) is 9.02. The van der Waals surface area contributed by atoms with E-state index in [4.69, 9.17) is 5.21 Å². The number of benzene rings is 2. The summed E-state index contributed by atoms with van der Waals surface area (Å²) in [5, 5.41) is 8.48. The number of nitrogens with zero attached hydrogens (tertiary/aromatic N) is 1. The van der Waals surface area contributed by atoms with Crippen molar-refractivity contribution in [1.29, 1.82) is 0 Å². The number of amides is 1. The van der Waals surface area contributed by atoms with Crippen LogP contribution in [0.2, 0.25) is 0 Å². The van der Waals surface area contributed by atoms with Gasteiger partial charge in [-0.1, -0.05) is 48.5 Å². The zero-order valence-corrected chi connectivity index (χ0v) is 14.8. The molecule has 0 radical (unpaired) electrons. The van der Waals surface area contributed by atoms with Crippen molar-refractivity contribution in [3.63, 3.8) is 0 Å². The predicted molar refractivity (Wildman–Crippen MR) is 103 cm³/mol. The second-order valence-corrected chi connectivity index (χ2v) is 6.50. The van der Waals surface area contributed by atoms with Crippen molar-refractivity contribution in [3.8, 4) is 11.1 Å². The molecule has 1 heterocycles. The molecule has 0 atom stereocenters. The number of carbonyl (C=O) groups is 1. The monoisotopic (exact) mass is 348 g/mol. The highest BCUT2D eigenvalue weighted by molar-refractivity contribution is 5.74. The van der Waals surface area contributed by atoms with Crippen LogP contribution in [-0.2, 0) is 17.8 Å². The van der Waals surface area contributed by atoms with Crippen LogP contribution in [0.3, 0.4) is 0 Å². The quantitative estimate of drug-likeness (QED) is 0.360. The van der Waals surface area contributed by atoms with Crippen LogP contribution in [0.4, 0.5) is 0 Å². The fraction of sp³-hybridized carbons (Fsp3) is 0.227. The first-order valence-electron chi connectivity index (χ1n) is 8.96. The zero-order valence-electron chi connectivity index (χ0n) is 14.8. The molecular weight excluding hydrogens is 324 g/mol. The van der Waals surface area contributed by atoms with E-state index in [9.17, 15) is 4.79 Å². The van der Waals surface area contributed by atoms with E-state index in [1.807, 2.05) is 6.07 Å². The summed E-state index contributed by atoms with van der Waals surface area (Å²) in [4.78, 5) is 11.0. The van der Waals surface area contributed by atoms with Crippen LogP contribution >= 0.6 is 0 Å². The van der Waals surface area contributed by atoms with Gasteiger partial charge in [0.1, 0.15) is 0 Å². The summed E-state index contributed by atoms with van der Waals surface area (Å²) in [6.45, 7) is 0.841. The molecule has 1 aromatic heterocycles. The van der Waals surface area contributed by atoms with E-state index in [-0.39, 0.29) is 5.91 Å². The van der Waals surface area contributed by atoms with Gasteiger partial charge < -0.3 is 4.57 Å². The molecule has 0 aliphatic rings. The first kappa shape index (κ1) is 18.0. The molecular formula is C22H24N2O2. The Balaban J connectivity index is 1.57. The van der Waals surface area contributed by atoms with Gasteiger partial charge in [-0.3, -0.25) is 10.0 Å². The summed E-state index contributed by atoms with van der Waals surface area (Å²) in [5.74, 6) is -0.319. The molecule has 0 aliphatic carbocycles. The van der Waals surface area contributed by atoms with Crippen LogP contribution in [0.5, 0.6) is 0 Å². The summed E-state index contributed by atoms with van der Waals surface area (Å²) in [7, 11) is 0. The van der Waals surface area contributed by atoms with Gasteiger partial charge in [0.2, 0.25) is 5.91 Å². The van der Waals surface area contributed by atoms with E-state index in [1.54, 1.807) is 5.48 Å². The van der Waals surface area contributed by atoms with Crippen molar-refractivity contribution in [2.45, 2.75) is 32.2 Å². The van der Waals surface area contributed by atoms with E-state index in [0.29, 0.717) is 6.42 Å². The van der Waals surface area contributed by atoms with Crippen molar-refractivity contribution in [3.05, 3.63) is 84.2 Å². The van der Waals surface area contributed by atoms with Crippen molar-refractivity contribution in [2.24, 2.45) is 0 Å². The molecule has 4 heteroatoms. The Bertz CT molecular complexity index is 840. The molecule has 0 aliphatic heterocycles. The molecule has 0 unspecified atom stereocenters. The highest BCUT2D eigenvalue weighted by atomic mass is 16.5. The Hall–Kier alpha value is -2.85. The topological polar surface area (TPSA) is 54.3 Å². The van der Waals surface area contributed by atoms with Crippen molar-refractivity contribution in [1.82, 2.24) is 10.0 Å². The third-order valence-electron chi connectivity index (χ3n) is 4.45. The molecule has 0 fully saturated rings. The lowest BCUT2D eigenvalue weighted by Crippen LogP contribution is -2.17. The van der Waals surface area contributed by atoms with Crippen molar-refractivity contribution in [2.75, 3.05) is 0 Å². The van der Waals surface area contributed by atoms with Gasteiger partial charge in [-0.05, 0) is 53.6 Å². The van der Waals surface area contributed by atoms with Crippen LogP contribution < -0.4 is 5.48 Å². The molecule has 3 rings (SSSR count). The standard InChI is InChI=1S/C22H24N2O2/c25-22(23-26)12-5-4-7-18-13-14-24(16-18)17-19-8-6-11-21(15-19)20-9-2-1-3-10-20/h1-3,6,8-11,13-16,26H,4-5,7,12,17H2,(H,23,25). The molecule has 0 spiro atoms. The lowest BCUT2D eigenvalue weighted by atomic mass is 10.0. The van der Waals surface area contributed by atoms with Gasteiger partial charge in [0.25, 0.3) is 0 Å². The normalized spacial score (nSPS) is 10.7. The third kappa shape index (κ3) is 5.07. The van der Waals surface area contributed by atoms with Crippen molar-refractivity contribution >= 4 is 5.91 Å². The molecule has 134 valence electrons. The number of unbranched alkanes of at least 4 members (excludes halogenated alkanes) is 1. The highest BCUT2D eigenvalue weighted by Gasteiger charge is 2.03. The first-order valence-corrected chi connectivity index (χ1v) is 8.96. The fourth-order valence-corrected chi connectivity index (χ4v) is 3.10. The Kier molecular flexibility index (Phi) is 6.23. The summed E-state index contributed by atoms with van der Waals surface area (Å²) >= 11 is 0. The van der Waals surface area contributed by atoms with Gasteiger partial charge in [-0.2, -0.15) is 0 Å². The number of hydrogen-bond acceptors (Lipinski definition) is 2. The summed E-state index contributed by atoms with van der Waals surface area (Å²) < 4.78 is 2.19. The highest BCUT2D eigenvalue weighted by Crippen LogP contribution is 2.20. The lowest BCUT2D eigenvalue weighted by molar-refractivity contribution is -0.129. The van der Waals surface area contributed by atoms with Gasteiger partial charge in [0.15, 0.2) is 0 Å². The fourth-order valence-electron chi connectivity index (χ4n) is 3.10. The minimum atomic E-state index is -0.319. The van der Waals surface area contributed by atoms with Gasteiger partial charge in [-0.25, -0.2) is 5.48 Å². The SMILES string of the molecule is O=C(CCCCc1ccn(Cc2cccc(-c3ccccc3)c2)c1)NO. The molecule has 2 aromatic carbocycles. The van der Waals surface area contributed by atoms with Gasteiger partial charge in [0, 0.05) is 25.4 Å². The summed E-state index contributed by atoms with van der Waals surface area (Å²) in [6.07, 6.45) is 7.28. The van der Waals surface area contributed by atoms with E-state index >= 15 is 0 Å². The van der Waals surface area contributed by atoms with Crippen LogP contribution in [0.1, 0.15) is 30.4 Å². The first-order chi connectivity index (χ1) is 12.7. The Morgan fingerprint density at radius 3 is 2.54 bits per heavy atom. The minimum absolute atomic E-state index is 0.319. The molecule has 0 saturated heterocycles. The predicted octanol–water partition coefficient (Wildman–Crippen LogP) is 4.42. The molecule has 4 nitrogen and oxygen atoms in total. The smallest absolute Gasteiger partial charge is 0.243 e. The summed E-state index contributed by atoms with van der Waals surface area (Å²) in [6, 6.07) is 21.2. The summed E-state index contributed by atoms with van der Waals surface area (Å²) in [5.41, 5.74) is 6.68. The van der Waals surface area contributed by atoms with Crippen LogP contribution in [0.25, 0.3) is 11.1 Å². The average molecular weight is 348 g/mol. The Morgan fingerprint density at radius 2 is 1.73 bits per heavy atom. The van der Waals surface area contributed by atoms with Crippen molar-refractivity contribution < 1.29 is 10.0 Å². The lowest BCUT2D eigenvalue weighted by Gasteiger charge is -2.07. The Labute approximate surface area is 154 Å². The average Bonchev–Trinajstić information content (AvgIpc) is 3.13. The number of carbonyl (C=O) groups excluding carboxylic acids is 1. The van der Waals surface area contributed by atoms with Crippen LogP contribution in [0.15, 0.2) is 73.1 Å². The van der Waals surface area contributed by atoms with Gasteiger partial charge >= 0.3 is 0 Å². The molecule has 2 N–H and O–H groups in total. The van der Waals surface area contributed by atoms with Crippen LogP contribution in [0, 0.1) is 0 Å². The van der Waals surface area contributed by atoms with Gasteiger partial charge in [-0.15, -0.1) is 0 Å². The van der Waals surface area contributed by atoms with E-state index < -0.39 is 0 Å². The van der Waals surface area contributed by atoms with Crippen LogP contribution in [-0.4, -0.2) is 15.7 Å². The molecule has 26 heavy (non-hydrogen) atoms. The third-order valence-corrected chi connectivity index (χ3v) is 4.45. The minimum Gasteiger partial charge on any atom is -0.350 e. The number of rotatable bonds is 8. The number of hydrogen-bond donors (Lipinski definition) is 2. The molecule has 0 bridgehead atoms. The Morgan fingerprint density at radius 1 is 0.923 bits per heavy atom. The maximum atomic E-state index is 11.0.